The second-order valence-corrected chi connectivity index (χ2v) is 8.28. The zero-order valence-electron chi connectivity index (χ0n) is 18.7. The second-order valence-electron chi connectivity index (χ2n) is 8.28. The number of carbonyl (C=O) groups is 3. The molecule has 176 valence electrons. The van der Waals surface area contributed by atoms with Gasteiger partial charge in [0.15, 0.2) is 0 Å². The Bertz CT molecular complexity index is 1180. The molecule has 9 heteroatoms. The average molecular weight is 462 g/mol. The zero-order chi connectivity index (χ0) is 23.9. The highest BCUT2D eigenvalue weighted by molar-refractivity contribution is 6.04. The van der Waals surface area contributed by atoms with E-state index in [1.807, 2.05) is 6.07 Å². The molecule has 0 aliphatic heterocycles. The van der Waals surface area contributed by atoms with Crippen LogP contribution in [0.15, 0.2) is 60.9 Å². The molecule has 0 unspecified atom stereocenters. The van der Waals surface area contributed by atoms with Crippen LogP contribution in [0.1, 0.15) is 52.0 Å². The molecule has 1 aliphatic carbocycles. The minimum Gasteiger partial charge on any atom is -0.488 e. The number of primary amides is 1. The van der Waals surface area contributed by atoms with Crippen molar-refractivity contribution in [3.8, 4) is 5.75 Å². The van der Waals surface area contributed by atoms with Gasteiger partial charge in [0.25, 0.3) is 11.8 Å². The van der Waals surface area contributed by atoms with Crippen LogP contribution in [0.5, 0.6) is 5.75 Å². The number of amides is 3. The number of carbonyl (C=O) groups excluding carboxylic acids is 3. The van der Waals surface area contributed by atoms with Gasteiger partial charge in [-0.05, 0) is 42.7 Å². The summed E-state index contributed by atoms with van der Waals surface area (Å²) < 4.78 is 7.24. The van der Waals surface area contributed by atoms with Gasteiger partial charge in [0, 0.05) is 17.8 Å². The van der Waals surface area contributed by atoms with E-state index in [-0.39, 0.29) is 31.0 Å². The quantitative estimate of drug-likeness (QED) is 0.451. The van der Waals surface area contributed by atoms with Crippen LogP contribution in [0, 0.1) is 0 Å². The molecule has 1 aromatic heterocycles. The Hall–Kier alpha value is -4.14. The third-order valence-corrected chi connectivity index (χ3v) is 5.65. The van der Waals surface area contributed by atoms with Gasteiger partial charge in [0.2, 0.25) is 5.91 Å². The molecule has 0 atom stereocenters. The van der Waals surface area contributed by atoms with E-state index in [9.17, 15) is 14.4 Å². The van der Waals surface area contributed by atoms with Gasteiger partial charge in [0.05, 0.1) is 17.4 Å². The molecule has 0 spiro atoms. The van der Waals surface area contributed by atoms with Crippen molar-refractivity contribution in [2.75, 3.05) is 5.32 Å². The number of benzene rings is 2. The summed E-state index contributed by atoms with van der Waals surface area (Å²) in [7, 11) is 0. The van der Waals surface area contributed by atoms with Gasteiger partial charge in [-0.15, -0.1) is 0 Å². The van der Waals surface area contributed by atoms with E-state index in [0.29, 0.717) is 22.6 Å². The molecule has 9 nitrogen and oxygen atoms in total. The minimum absolute atomic E-state index is 0.0847. The van der Waals surface area contributed by atoms with Crippen LogP contribution in [0.3, 0.4) is 0 Å². The summed E-state index contributed by atoms with van der Waals surface area (Å²) in [5, 5.41) is 9.98. The molecule has 3 aromatic rings. The van der Waals surface area contributed by atoms with E-state index in [1.165, 1.54) is 10.9 Å². The number of hydrogen-bond acceptors (Lipinski definition) is 5. The van der Waals surface area contributed by atoms with Crippen LogP contribution in [0.4, 0.5) is 5.69 Å². The molecule has 1 heterocycles. The number of nitrogens with zero attached hydrogens (tertiary/aromatic N) is 2. The van der Waals surface area contributed by atoms with Gasteiger partial charge in [-0.25, -0.2) is 0 Å². The first-order valence-electron chi connectivity index (χ1n) is 11.2. The lowest BCUT2D eigenvalue weighted by atomic mass is 10.1. The summed E-state index contributed by atoms with van der Waals surface area (Å²) in [6, 6.07) is 14.0. The molecule has 4 rings (SSSR count). The Balaban J connectivity index is 1.33. The van der Waals surface area contributed by atoms with Crippen molar-refractivity contribution in [2.45, 2.75) is 44.9 Å². The molecule has 3 amide bonds. The van der Waals surface area contributed by atoms with Crippen molar-refractivity contribution in [2.24, 2.45) is 5.73 Å². The molecule has 0 saturated heterocycles. The highest BCUT2D eigenvalue weighted by Gasteiger charge is 2.17. The predicted octanol–water partition coefficient (Wildman–Crippen LogP) is 2.87. The van der Waals surface area contributed by atoms with Crippen molar-refractivity contribution in [3.05, 3.63) is 77.6 Å². The van der Waals surface area contributed by atoms with Crippen LogP contribution in [0.2, 0.25) is 0 Å². The van der Waals surface area contributed by atoms with Crippen LogP contribution in [0.25, 0.3) is 0 Å². The zero-order valence-corrected chi connectivity index (χ0v) is 18.7. The molecule has 0 bridgehead atoms. The first kappa shape index (κ1) is 23.0. The van der Waals surface area contributed by atoms with Crippen molar-refractivity contribution < 1.29 is 19.1 Å². The maximum Gasteiger partial charge on any atom is 0.255 e. The summed E-state index contributed by atoms with van der Waals surface area (Å²) in [4.78, 5) is 36.4. The fourth-order valence-corrected chi connectivity index (χ4v) is 3.97. The first-order valence-corrected chi connectivity index (χ1v) is 11.2. The Kier molecular flexibility index (Phi) is 7.22. The van der Waals surface area contributed by atoms with Crippen molar-refractivity contribution >= 4 is 23.4 Å². The van der Waals surface area contributed by atoms with E-state index in [0.717, 1.165) is 31.2 Å². The third-order valence-electron chi connectivity index (χ3n) is 5.65. The lowest BCUT2D eigenvalue weighted by molar-refractivity contribution is -0.122. The normalized spacial score (nSPS) is 13.4. The Morgan fingerprint density at radius 1 is 1.09 bits per heavy atom. The number of anilines is 1. The molecular formula is C25H27N5O4. The minimum atomic E-state index is -0.569. The molecule has 1 saturated carbocycles. The summed E-state index contributed by atoms with van der Waals surface area (Å²) in [5.74, 6) is -0.581. The van der Waals surface area contributed by atoms with E-state index in [4.69, 9.17) is 10.5 Å². The van der Waals surface area contributed by atoms with Gasteiger partial charge in [-0.2, -0.15) is 5.10 Å². The summed E-state index contributed by atoms with van der Waals surface area (Å²) in [6.07, 6.45) is 7.48. The number of ether oxygens (including phenoxy) is 1. The summed E-state index contributed by atoms with van der Waals surface area (Å²) >= 11 is 0. The largest absolute Gasteiger partial charge is 0.488 e. The Morgan fingerprint density at radius 3 is 2.68 bits per heavy atom. The molecule has 0 radical (unpaired) electrons. The third kappa shape index (κ3) is 6.00. The van der Waals surface area contributed by atoms with Gasteiger partial charge in [-0.1, -0.05) is 37.1 Å². The number of rotatable bonds is 9. The van der Waals surface area contributed by atoms with Gasteiger partial charge >= 0.3 is 0 Å². The van der Waals surface area contributed by atoms with E-state index < -0.39 is 5.91 Å². The SMILES string of the molecule is NC(=O)c1ccccc1OCc1cccc(C(=O)Nc2cnn(CC(=O)NC3CCCC3)c2)c1. The van der Waals surface area contributed by atoms with E-state index in [1.54, 1.807) is 48.7 Å². The van der Waals surface area contributed by atoms with Gasteiger partial charge in [0.1, 0.15) is 18.9 Å². The van der Waals surface area contributed by atoms with E-state index in [2.05, 4.69) is 15.7 Å². The van der Waals surface area contributed by atoms with Crippen LogP contribution < -0.4 is 21.1 Å². The monoisotopic (exact) mass is 461 g/mol. The molecule has 34 heavy (non-hydrogen) atoms. The Morgan fingerprint density at radius 2 is 1.88 bits per heavy atom. The molecule has 1 aliphatic rings. The number of aromatic nitrogens is 2. The maximum atomic E-state index is 12.7. The molecular weight excluding hydrogens is 434 g/mol. The highest BCUT2D eigenvalue weighted by atomic mass is 16.5. The van der Waals surface area contributed by atoms with Crippen LogP contribution >= 0.6 is 0 Å². The summed E-state index contributed by atoms with van der Waals surface area (Å²) in [5.41, 5.74) is 7.37. The smallest absolute Gasteiger partial charge is 0.255 e. The molecule has 4 N–H and O–H groups in total. The predicted molar refractivity (Wildman–Crippen MR) is 126 cm³/mol. The topological polar surface area (TPSA) is 128 Å². The van der Waals surface area contributed by atoms with Gasteiger partial charge in [-0.3, -0.25) is 19.1 Å². The van der Waals surface area contributed by atoms with Crippen molar-refractivity contribution in [3.63, 3.8) is 0 Å². The lowest BCUT2D eigenvalue weighted by Gasteiger charge is -2.11. The number of hydrogen-bond donors (Lipinski definition) is 3. The van der Waals surface area contributed by atoms with Crippen molar-refractivity contribution in [1.82, 2.24) is 15.1 Å². The average Bonchev–Trinajstić information content (AvgIpc) is 3.50. The maximum absolute atomic E-state index is 12.7. The molecule has 1 fully saturated rings. The van der Waals surface area contributed by atoms with Gasteiger partial charge < -0.3 is 21.1 Å². The van der Waals surface area contributed by atoms with Crippen LogP contribution in [-0.2, 0) is 17.9 Å². The number of nitrogens with one attached hydrogen (secondary N) is 2. The number of nitrogens with two attached hydrogens (primary N) is 1. The highest BCUT2D eigenvalue weighted by Crippen LogP contribution is 2.20. The van der Waals surface area contributed by atoms with E-state index >= 15 is 0 Å². The molecule has 2 aromatic carbocycles. The van der Waals surface area contributed by atoms with Crippen LogP contribution in [-0.4, -0.2) is 33.5 Å². The fourth-order valence-electron chi connectivity index (χ4n) is 3.97. The standard InChI is InChI=1S/C25H27N5O4/c26-24(32)21-10-3-4-11-22(21)34-16-17-6-5-7-18(12-17)25(33)29-20-13-27-30(14-20)15-23(31)28-19-8-1-2-9-19/h3-7,10-14,19H,1-2,8-9,15-16H2,(H2,26,32)(H,28,31)(H,29,33). The number of para-hydroxylation sites is 1. The second kappa shape index (κ2) is 10.7. The van der Waals surface area contributed by atoms with Crippen molar-refractivity contribution in [1.29, 1.82) is 0 Å². The summed E-state index contributed by atoms with van der Waals surface area (Å²) in [6.45, 7) is 0.269. The first-order chi connectivity index (χ1) is 16.5. The Labute approximate surface area is 197 Å². The lowest BCUT2D eigenvalue weighted by Crippen LogP contribution is -2.35. The fraction of sp³-hybridized carbons (Fsp3) is 0.280.